The fourth-order valence-electron chi connectivity index (χ4n) is 3.08. The van der Waals surface area contributed by atoms with Crippen molar-refractivity contribution in [1.82, 2.24) is 15.1 Å². The molecule has 1 heterocycles. The molecule has 0 saturated heterocycles. The monoisotopic (exact) mass is 396 g/mol. The van der Waals surface area contributed by atoms with Crippen LogP contribution in [0.3, 0.4) is 0 Å². The number of halogens is 4. The number of nitrogens with one attached hydrogen (secondary N) is 2. The summed E-state index contributed by atoms with van der Waals surface area (Å²) in [7, 11) is 3.62. The summed E-state index contributed by atoms with van der Waals surface area (Å²) in [6, 6.07) is 5.49. The number of hydrogen-bond acceptors (Lipinski definition) is 3. The van der Waals surface area contributed by atoms with Crippen molar-refractivity contribution in [3.05, 3.63) is 65.0 Å². The molecule has 27 heavy (non-hydrogen) atoms. The first-order chi connectivity index (χ1) is 12.7. The van der Waals surface area contributed by atoms with Crippen LogP contribution in [0.2, 0.25) is 5.02 Å². The summed E-state index contributed by atoms with van der Waals surface area (Å²) in [5.74, 6) is 0. The minimum atomic E-state index is -4.33. The molecule has 2 aromatic rings. The fraction of sp³-hybridized carbons (Fsp3) is 0.263. The van der Waals surface area contributed by atoms with Crippen molar-refractivity contribution < 1.29 is 13.2 Å². The van der Waals surface area contributed by atoms with E-state index in [0.717, 1.165) is 22.7 Å². The van der Waals surface area contributed by atoms with Crippen LogP contribution in [0.25, 0.3) is 10.9 Å². The van der Waals surface area contributed by atoms with Crippen molar-refractivity contribution in [3.8, 4) is 0 Å². The highest BCUT2D eigenvalue weighted by Gasteiger charge is 2.36. The highest BCUT2D eigenvalue weighted by Crippen LogP contribution is 2.37. The molecular formula is C19H20ClF3N4. The van der Waals surface area contributed by atoms with Crippen molar-refractivity contribution in [3.63, 3.8) is 0 Å². The first kappa shape index (κ1) is 19.4. The molecule has 1 aromatic carbocycles. The average Bonchev–Trinajstić information content (AvgIpc) is 3.00. The lowest BCUT2D eigenvalue weighted by Crippen LogP contribution is -2.41. The van der Waals surface area contributed by atoms with Crippen molar-refractivity contribution in [2.45, 2.75) is 19.0 Å². The smallest absolute Gasteiger partial charge is 0.359 e. The van der Waals surface area contributed by atoms with Crippen LogP contribution in [-0.2, 0) is 0 Å². The van der Waals surface area contributed by atoms with E-state index in [1.807, 2.05) is 26.2 Å². The number of alkyl halides is 3. The maximum absolute atomic E-state index is 13.1. The van der Waals surface area contributed by atoms with Crippen LogP contribution in [0.15, 0.2) is 60.0 Å². The molecular weight excluding hydrogens is 377 g/mol. The second-order valence-electron chi connectivity index (χ2n) is 6.44. The van der Waals surface area contributed by atoms with Crippen molar-refractivity contribution >= 4 is 28.2 Å². The second-order valence-corrected chi connectivity index (χ2v) is 6.87. The van der Waals surface area contributed by atoms with E-state index in [9.17, 15) is 13.2 Å². The van der Waals surface area contributed by atoms with E-state index in [1.54, 1.807) is 22.4 Å². The lowest BCUT2D eigenvalue weighted by atomic mass is 9.96. The summed E-state index contributed by atoms with van der Waals surface area (Å²) in [6.07, 6.45) is 0.235. The number of anilines is 1. The predicted molar refractivity (Wildman–Crippen MR) is 103 cm³/mol. The summed E-state index contributed by atoms with van der Waals surface area (Å²) >= 11 is 6.10. The SMILES string of the molecule is C=CC1=C(N(Nc2c[nH]c3ccc(Cl)cc23)N(C)C)CCC(C(F)(F)F)=C1. The van der Waals surface area contributed by atoms with Crippen LogP contribution in [0.4, 0.5) is 18.9 Å². The van der Waals surface area contributed by atoms with Crippen molar-refractivity contribution in [2.24, 2.45) is 0 Å². The molecule has 0 amide bonds. The number of rotatable bonds is 5. The zero-order valence-corrected chi connectivity index (χ0v) is 15.7. The molecule has 0 saturated carbocycles. The summed E-state index contributed by atoms with van der Waals surface area (Å²) in [5, 5.41) is 4.99. The number of aromatic amines is 1. The number of hydrazine groups is 2. The zero-order chi connectivity index (χ0) is 19.8. The van der Waals surface area contributed by atoms with Gasteiger partial charge in [0.15, 0.2) is 0 Å². The molecule has 0 atom stereocenters. The number of nitrogens with zero attached hydrogens (tertiary/aromatic N) is 2. The predicted octanol–water partition coefficient (Wildman–Crippen LogP) is 5.65. The Balaban J connectivity index is 2.00. The van der Waals surface area contributed by atoms with E-state index in [-0.39, 0.29) is 12.8 Å². The van der Waals surface area contributed by atoms with Crippen LogP contribution < -0.4 is 5.43 Å². The van der Waals surface area contributed by atoms with Crippen LogP contribution in [-0.4, -0.2) is 35.4 Å². The molecule has 0 fully saturated rings. The van der Waals surface area contributed by atoms with Gasteiger partial charge in [0.05, 0.1) is 11.4 Å². The largest absolute Gasteiger partial charge is 0.412 e. The van der Waals surface area contributed by atoms with E-state index >= 15 is 0 Å². The fourth-order valence-corrected chi connectivity index (χ4v) is 3.25. The number of hydrogen-bond donors (Lipinski definition) is 2. The molecule has 2 N–H and O–H groups in total. The van der Waals surface area contributed by atoms with Gasteiger partial charge in [-0.25, -0.2) is 10.1 Å². The van der Waals surface area contributed by atoms with E-state index in [0.29, 0.717) is 16.3 Å². The minimum absolute atomic E-state index is 0.0814. The maximum Gasteiger partial charge on any atom is 0.412 e. The topological polar surface area (TPSA) is 34.3 Å². The Hall–Kier alpha value is -2.38. The Kier molecular flexibility index (Phi) is 5.26. The molecule has 3 rings (SSSR count). The summed E-state index contributed by atoms with van der Waals surface area (Å²) < 4.78 is 39.2. The molecule has 0 bridgehead atoms. The number of fused-ring (bicyclic) bond motifs is 1. The Bertz CT molecular complexity index is 925. The van der Waals surface area contributed by atoms with Crippen molar-refractivity contribution in [1.29, 1.82) is 0 Å². The number of allylic oxidation sites excluding steroid dienone is 5. The van der Waals surface area contributed by atoms with Gasteiger partial charge in [-0.2, -0.15) is 13.2 Å². The highest BCUT2D eigenvalue weighted by atomic mass is 35.5. The Morgan fingerprint density at radius 3 is 2.63 bits per heavy atom. The highest BCUT2D eigenvalue weighted by molar-refractivity contribution is 6.31. The van der Waals surface area contributed by atoms with Crippen LogP contribution in [0.1, 0.15) is 12.8 Å². The van der Waals surface area contributed by atoms with Gasteiger partial charge in [0, 0.05) is 41.8 Å². The minimum Gasteiger partial charge on any atom is -0.359 e. The Labute approximate surface area is 160 Å². The molecule has 0 aliphatic heterocycles. The Morgan fingerprint density at radius 1 is 1.26 bits per heavy atom. The van der Waals surface area contributed by atoms with E-state index < -0.39 is 11.7 Å². The molecule has 4 nitrogen and oxygen atoms in total. The average molecular weight is 397 g/mol. The van der Waals surface area contributed by atoms with Gasteiger partial charge in [0.1, 0.15) is 0 Å². The van der Waals surface area contributed by atoms with Gasteiger partial charge in [0.25, 0.3) is 0 Å². The van der Waals surface area contributed by atoms with Gasteiger partial charge in [-0.15, -0.1) is 0 Å². The first-order valence-corrected chi connectivity index (χ1v) is 8.72. The first-order valence-electron chi connectivity index (χ1n) is 8.34. The molecule has 0 radical (unpaired) electrons. The maximum atomic E-state index is 13.1. The summed E-state index contributed by atoms with van der Waals surface area (Å²) in [6.45, 7) is 3.69. The van der Waals surface area contributed by atoms with Crippen molar-refractivity contribution in [2.75, 3.05) is 19.5 Å². The zero-order valence-electron chi connectivity index (χ0n) is 15.0. The van der Waals surface area contributed by atoms with Gasteiger partial charge in [-0.3, -0.25) is 5.43 Å². The number of H-pyrrole nitrogens is 1. The number of aromatic nitrogens is 1. The van der Waals surface area contributed by atoms with E-state index in [2.05, 4.69) is 17.0 Å². The summed E-state index contributed by atoms with van der Waals surface area (Å²) in [5.41, 5.74) is 5.54. The third-order valence-electron chi connectivity index (χ3n) is 4.40. The number of benzene rings is 1. The lowest BCUT2D eigenvalue weighted by Gasteiger charge is -2.36. The quantitative estimate of drug-likeness (QED) is 0.641. The second kappa shape index (κ2) is 7.32. The standard InChI is InChI=1S/C19H20ClF3N4/c1-4-12-9-13(19(21,22)23)5-8-18(12)27(26(2)3)25-17-11-24-16-7-6-14(20)10-15(16)17/h4,6-7,9-11,24-25H,1,5,8H2,2-3H3. The van der Waals surface area contributed by atoms with Gasteiger partial charge in [0.2, 0.25) is 0 Å². The van der Waals surface area contributed by atoms with Gasteiger partial charge in [-0.1, -0.05) is 24.3 Å². The molecule has 0 unspecified atom stereocenters. The molecule has 144 valence electrons. The lowest BCUT2D eigenvalue weighted by molar-refractivity contribution is -0.0945. The van der Waals surface area contributed by atoms with Gasteiger partial charge in [-0.05, 0) is 42.7 Å². The molecule has 1 aliphatic rings. The third kappa shape index (κ3) is 3.99. The molecule has 8 heteroatoms. The molecule has 0 spiro atoms. The van der Waals surface area contributed by atoms with Gasteiger partial charge >= 0.3 is 6.18 Å². The normalized spacial score (nSPS) is 15.3. The van der Waals surface area contributed by atoms with Crippen LogP contribution >= 0.6 is 11.6 Å². The van der Waals surface area contributed by atoms with Crippen LogP contribution in [0, 0.1) is 0 Å². The molecule has 1 aliphatic carbocycles. The van der Waals surface area contributed by atoms with Gasteiger partial charge < -0.3 is 4.98 Å². The van der Waals surface area contributed by atoms with E-state index in [4.69, 9.17) is 11.6 Å². The van der Waals surface area contributed by atoms with Crippen LogP contribution in [0.5, 0.6) is 0 Å². The molecule has 1 aromatic heterocycles. The third-order valence-corrected chi connectivity index (χ3v) is 4.64. The summed E-state index contributed by atoms with van der Waals surface area (Å²) in [4.78, 5) is 3.15. The Morgan fingerprint density at radius 2 is 2.00 bits per heavy atom. The van der Waals surface area contributed by atoms with E-state index in [1.165, 1.54) is 6.08 Å².